The number of imide groups is 2. The fourth-order valence-electron chi connectivity index (χ4n) is 12.9. The number of benzene rings is 9. The minimum absolute atomic E-state index is 0.0614. The highest BCUT2D eigenvalue weighted by atomic mass is 19.4. The van der Waals surface area contributed by atoms with Crippen LogP contribution in [0.1, 0.15) is 91.4 Å². The van der Waals surface area contributed by atoms with E-state index in [0.717, 1.165) is 34.9 Å². The summed E-state index contributed by atoms with van der Waals surface area (Å²) in [5.74, 6) is -14.6. The Labute approximate surface area is 650 Å². The molecule has 2 heterocycles. The van der Waals surface area contributed by atoms with Crippen LogP contribution in [0.2, 0.25) is 0 Å². The third kappa shape index (κ3) is 18.2. The number of carbonyl (C=O) groups is 10. The van der Waals surface area contributed by atoms with Crippen LogP contribution in [0.5, 0.6) is 46.0 Å². The van der Waals surface area contributed by atoms with Crippen molar-refractivity contribution in [1.82, 2.24) is 41.7 Å². The van der Waals surface area contributed by atoms with E-state index in [0.29, 0.717) is 22.3 Å². The summed E-state index contributed by atoms with van der Waals surface area (Å²) in [5.41, 5.74) is 0.555. The fourth-order valence-corrected chi connectivity index (χ4v) is 12.9. The van der Waals surface area contributed by atoms with Crippen molar-refractivity contribution in [2.75, 3.05) is 39.3 Å². The number of ether oxygens (including phenoxy) is 4. The molecule has 0 radical (unpaired) electrons. The highest BCUT2D eigenvalue weighted by Gasteiger charge is 2.59. The van der Waals surface area contributed by atoms with Crippen molar-refractivity contribution in [3.8, 4) is 46.0 Å². The molecule has 0 unspecified atom stereocenters. The lowest BCUT2D eigenvalue weighted by atomic mass is 9.80. The highest BCUT2D eigenvalue weighted by Crippen LogP contribution is 2.58. The number of amides is 10. The zero-order valence-electron chi connectivity index (χ0n) is 61.7. The van der Waals surface area contributed by atoms with Gasteiger partial charge >= 0.3 is 24.7 Å². The predicted molar refractivity (Wildman–Crippen MR) is 399 cm³/mol. The maximum absolute atomic E-state index is 15.6. The molecule has 0 bridgehead atoms. The largest absolute Gasteiger partial charge is 0.457 e. The molecule has 10 amide bonds. The van der Waals surface area contributed by atoms with Crippen LogP contribution < -0.4 is 50.8 Å². The van der Waals surface area contributed by atoms with Gasteiger partial charge in [-0.15, -0.1) is 0 Å². The number of halogens is 12. The van der Waals surface area contributed by atoms with E-state index in [1.807, 2.05) is 0 Å². The van der Waals surface area contributed by atoms with E-state index in [2.05, 4.69) is 47.6 Å². The third-order valence-electron chi connectivity index (χ3n) is 18.5. The monoisotopic (exact) mass is 1620 g/mol. The van der Waals surface area contributed by atoms with Gasteiger partial charge in [0.1, 0.15) is 59.1 Å². The molecule has 0 fully saturated rings. The molecule has 9 aromatic carbocycles. The third-order valence-corrected chi connectivity index (χ3v) is 18.5. The maximum Gasteiger partial charge on any atom is 0.417 e. The number of fused-ring (bicyclic) bond motifs is 2. The minimum Gasteiger partial charge on any atom is -0.457 e. The van der Waals surface area contributed by atoms with Gasteiger partial charge in [0, 0.05) is 91.6 Å². The van der Waals surface area contributed by atoms with E-state index in [1.165, 1.54) is 76.2 Å². The lowest BCUT2D eigenvalue weighted by molar-refractivity contribution is -0.258. The number of alkyl halides is 12. The molecule has 22 nitrogen and oxygen atoms in total. The van der Waals surface area contributed by atoms with E-state index >= 15 is 19.2 Å². The molecule has 6 N–H and O–H groups in total. The Kier molecular flexibility index (Phi) is 23.8. The summed E-state index contributed by atoms with van der Waals surface area (Å²) in [7, 11) is 0. The molecule has 2 aliphatic heterocycles. The van der Waals surface area contributed by atoms with Gasteiger partial charge in [0.2, 0.25) is 47.5 Å². The lowest BCUT2D eigenvalue weighted by Crippen LogP contribution is -2.57. The topological polar surface area (TPSA) is 286 Å². The van der Waals surface area contributed by atoms with Crippen LogP contribution in [-0.4, -0.2) is 145 Å². The van der Waals surface area contributed by atoms with Crippen LogP contribution >= 0.6 is 0 Å². The Morgan fingerprint density at radius 3 is 0.707 bits per heavy atom. The highest BCUT2D eigenvalue weighted by molar-refractivity contribution is 6.45. The molecule has 9 aromatic rings. The Morgan fingerprint density at radius 1 is 0.328 bits per heavy atom. The van der Waals surface area contributed by atoms with Crippen molar-refractivity contribution < 1.29 is 120 Å². The van der Waals surface area contributed by atoms with Gasteiger partial charge in [-0.25, -0.2) is 0 Å². The van der Waals surface area contributed by atoms with Gasteiger partial charge < -0.3 is 50.8 Å². The van der Waals surface area contributed by atoms with Gasteiger partial charge in [0.05, 0.1) is 22.3 Å². The van der Waals surface area contributed by atoms with Gasteiger partial charge in [0.15, 0.2) is 0 Å². The molecule has 0 aliphatic carbocycles. The first-order chi connectivity index (χ1) is 54.5. The molecule has 604 valence electrons. The number of hydrogen-bond donors (Lipinski definition) is 6. The summed E-state index contributed by atoms with van der Waals surface area (Å²) < 4.78 is 197. The van der Waals surface area contributed by atoms with Crippen molar-refractivity contribution in [2.24, 2.45) is 0 Å². The molecule has 0 saturated carbocycles. The molecule has 11 rings (SSSR count). The normalized spacial score (nSPS) is 13.0. The van der Waals surface area contributed by atoms with Gasteiger partial charge in [-0.3, -0.25) is 57.7 Å². The summed E-state index contributed by atoms with van der Waals surface area (Å²) in [5, 5.41) is 9.99. The molecule has 0 spiro atoms. The van der Waals surface area contributed by atoms with Crippen molar-refractivity contribution in [1.29, 1.82) is 0 Å². The molecular weight excluding hydrogens is 1550 g/mol. The maximum atomic E-state index is 15.6. The van der Waals surface area contributed by atoms with Gasteiger partial charge in [-0.2, -0.15) is 52.7 Å². The average Bonchev–Trinajstić information content (AvgIpc) is 0.671. The summed E-state index contributed by atoms with van der Waals surface area (Å²) in [6, 6.07) is 18.7. The van der Waals surface area contributed by atoms with Crippen LogP contribution in [0.25, 0.3) is 43.1 Å². The SMILES string of the molecule is C=C(C)C(=O)NCCc1ccc(Oc2cc3c4c(cc(Oc5ccc(CCNC(=O)C(=C)C)cc5)c5c6c(Oc7ccc(CCNC(=O)C(=C)C)cc7)cc7c8c(cc(Oc9ccc(CCNC(=O)C(=C)C)cc9)c(c2c45)c86)C(=O)N(CC(=O)NC(C(F)(F)F)C(F)(F)F)C7=O)C(=O)N(CC(=O)NC(C(F)(F)F)C(F)(F)F)C3=O)cc1. The minimum atomic E-state index is -6.17. The number of carbonyl (C=O) groups excluding carboxylic acids is 10. The van der Waals surface area contributed by atoms with Crippen molar-refractivity contribution in [2.45, 2.75) is 90.2 Å². The van der Waals surface area contributed by atoms with Crippen molar-refractivity contribution in [3.63, 3.8) is 0 Å². The fraction of sp³-hybridized carbons (Fsp3) is 0.244. The number of nitrogens with one attached hydrogen (secondary N) is 6. The summed E-state index contributed by atoms with van der Waals surface area (Å²) >= 11 is 0. The van der Waals surface area contributed by atoms with Crippen LogP contribution in [0, 0.1) is 0 Å². The van der Waals surface area contributed by atoms with E-state index in [1.54, 1.807) is 48.5 Å². The summed E-state index contributed by atoms with van der Waals surface area (Å²) in [4.78, 5) is 140. The lowest BCUT2D eigenvalue weighted by Gasteiger charge is -2.32. The number of rotatable bonds is 30. The average molecular weight is 1620 g/mol. The standard InChI is InChI=1S/C82H68F12N8O14/c1-39(2)69(105)95-29-25-43-9-17-47(18-10-43)113-55-33-51-61-52(74(110)101(73(51)109)37-59(103)99-77(79(83,84)85)80(86,87)88)35-57(115-49-21-13-45(14-22-49)27-31-97-71(107)41(5)6)65-66-58(116-50-23-15-46(16-24-50)28-32-98-72(108)42(7)8)36-54-62-53(75(111)102(76(54)112)38-60(104)100-78(81(89,90)91)82(92,93)94)34-56(64(68(62)66)63(55)67(61)65)114-48-19-11-44(12-20-48)26-30-96-70(106)40(3)4/h9-24,33-36,77-78H,1,3,5,7,25-32,37-38H2,2,4,6,8H3,(H,95,105)(H,96,106)(H,97,107)(H,98,108)(H,99,103)(H,100,104). The number of hydrogen-bond acceptors (Lipinski definition) is 14. The molecule has 0 saturated heterocycles. The van der Waals surface area contributed by atoms with E-state index < -0.39 is 165 Å². The molecule has 34 heteroatoms. The molecule has 116 heavy (non-hydrogen) atoms. The van der Waals surface area contributed by atoms with E-state index in [9.17, 15) is 81.5 Å². The van der Waals surface area contributed by atoms with Crippen molar-refractivity contribution in [3.05, 3.63) is 214 Å². The molecular formula is C82H68F12N8O14. The quantitative estimate of drug-likeness (QED) is 0.00803. The van der Waals surface area contributed by atoms with Crippen LogP contribution in [0.15, 0.2) is 170 Å². The van der Waals surface area contributed by atoms with E-state index in [-0.39, 0.29) is 139 Å². The molecule has 2 aliphatic rings. The van der Waals surface area contributed by atoms with Gasteiger partial charge in [0.25, 0.3) is 23.6 Å². The first-order valence-electron chi connectivity index (χ1n) is 35.2. The first kappa shape index (κ1) is 83.6. The predicted octanol–water partition coefficient (Wildman–Crippen LogP) is 14.3. The zero-order chi connectivity index (χ0) is 84.5. The number of nitrogens with zero attached hydrogens (tertiary/aromatic N) is 2. The van der Waals surface area contributed by atoms with Gasteiger partial charge in [-0.05, 0) is 148 Å². The van der Waals surface area contributed by atoms with Crippen molar-refractivity contribution >= 4 is 102 Å². The second kappa shape index (κ2) is 33.0. The second-order valence-corrected chi connectivity index (χ2v) is 27.4. The Balaban J connectivity index is 1.25. The Hall–Kier alpha value is -13.3. The van der Waals surface area contributed by atoms with Gasteiger partial charge in [-0.1, -0.05) is 74.8 Å². The van der Waals surface area contributed by atoms with Crippen LogP contribution in [0.3, 0.4) is 0 Å². The van der Waals surface area contributed by atoms with Crippen LogP contribution in [0.4, 0.5) is 52.7 Å². The second-order valence-electron chi connectivity index (χ2n) is 27.4. The Bertz CT molecular complexity index is 4920. The zero-order valence-corrected chi connectivity index (χ0v) is 61.7. The van der Waals surface area contributed by atoms with Crippen LogP contribution in [-0.2, 0) is 54.5 Å². The summed E-state index contributed by atoms with van der Waals surface area (Å²) in [6.45, 7) is 17.2. The van der Waals surface area contributed by atoms with E-state index in [4.69, 9.17) is 18.9 Å². The summed E-state index contributed by atoms with van der Waals surface area (Å²) in [6.07, 6.45) is -23.9. The Morgan fingerprint density at radius 2 is 0.526 bits per heavy atom. The molecule has 0 aromatic heterocycles. The smallest absolute Gasteiger partial charge is 0.417 e. The first-order valence-corrected chi connectivity index (χ1v) is 35.2. The molecule has 0 atom stereocenters.